The van der Waals surface area contributed by atoms with Crippen molar-refractivity contribution in [2.45, 2.75) is 30.7 Å². The Bertz CT molecular complexity index is 925. The van der Waals surface area contributed by atoms with Crippen molar-refractivity contribution in [3.63, 3.8) is 0 Å². The first-order valence-electron chi connectivity index (χ1n) is 9.03. The molecule has 6 nitrogen and oxygen atoms in total. The molecule has 0 bridgehead atoms. The molecule has 0 aliphatic rings. The summed E-state index contributed by atoms with van der Waals surface area (Å²) < 4.78 is 10.8. The molecule has 146 valence electrons. The van der Waals surface area contributed by atoms with E-state index < -0.39 is 0 Å². The third kappa shape index (κ3) is 5.36. The fourth-order valence-corrected chi connectivity index (χ4v) is 3.33. The van der Waals surface area contributed by atoms with Crippen LogP contribution < -0.4 is 10.1 Å². The highest BCUT2D eigenvalue weighted by atomic mass is 32.2. The maximum atomic E-state index is 12.3. The second kappa shape index (κ2) is 9.41. The fourth-order valence-electron chi connectivity index (χ4n) is 2.62. The number of ether oxygens (including phenoxy) is 1. The predicted octanol–water partition coefficient (Wildman–Crippen LogP) is 3.89. The summed E-state index contributed by atoms with van der Waals surface area (Å²) in [6.07, 6.45) is 0.755. The second-order valence-electron chi connectivity index (χ2n) is 6.39. The van der Waals surface area contributed by atoms with Gasteiger partial charge in [0.15, 0.2) is 0 Å². The maximum Gasteiger partial charge on any atom is 0.277 e. The van der Waals surface area contributed by atoms with Crippen molar-refractivity contribution in [1.29, 1.82) is 0 Å². The Kier molecular flexibility index (Phi) is 6.71. The van der Waals surface area contributed by atoms with Gasteiger partial charge in [0.2, 0.25) is 11.8 Å². The number of hydrogen-bond acceptors (Lipinski definition) is 6. The number of aryl methyl sites for hydroxylation is 1. The number of thioether (sulfide) groups is 1. The third-order valence-corrected chi connectivity index (χ3v) is 5.12. The first-order valence-corrected chi connectivity index (χ1v) is 9.91. The molecule has 1 atom stereocenters. The molecule has 0 aliphatic carbocycles. The van der Waals surface area contributed by atoms with Crippen molar-refractivity contribution >= 4 is 17.7 Å². The number of rotatable bonds is 8. The molecular weight excluding hydrogens is 374 g/mol. The van der Waals surface area contributed by atoms with E-state index in [2.05, 4.69) is 15.5 Å². The van der Waals surface area contributed by atoms with E-state index in [1.807, 2.05) is 62.4 Å². The topological polar surface area (TPSA) is 77.2 Å². The Morgan fingerprint density at radius 2 is 2.00 bits per heavy atom. The normalized spacial score (nSPS) is 11.8. The standard InChI is InChI=1S/C21H23N3O3S/c1-14-5-4-6-17(13-14)20-23-24-21(27-20)28-15(2)19(25)22-12-11-16-7-9-18(26-3)10-8-16/h4-10,13,15H,11-12H2,1-3H3,(H,22,25)/t15-/m0/s1. The highest BCUT2D eigenvalue weighted by molar-refractivity contribution is 8.00. The Hall–Kier alpha value is -2.80. The number of nitrogens with one attached hydrogen (secondary N) is 1. The SMILES string of the molecule is COc1ccc(CCNC(=O)[C@H](C)Sc2nnc(-c3cccc(C)c3)o2)cc1. The van der Waals surface area contributed by atoms with E-state index in [4.69, 9.17) is 9.15 Å². The number of methoxy groups -OCH3 is 1. The molecule has 2 aromatic carbocycles. The molecule has 0 fully saturated rings. The Morgan fingerprint density at radius 3 is 2.71 bits per heavy atom. The van der Waals surface area contributed by atoms with Crippen LogP contribution in [0.3, 0.4) is 0 Å². The van der Waals surface area contributed by atoms with Gasteiger partial charge in [0.1, 0.15) is 5.75 Å². The molecule has 0 saturated heterocycles. The lowest BCUT2D eigenvalue weighted by atomic mass is 10.1. The van der Waals surface area contributed by atoms with Crippen LogP contribution in [0.1, 0.15) is 18.1 Å². The summed E-state index contributed by atoms with van der Waals surface area (Å²) in [5, 5.41) is 11.1. The van der Waals surface area contributed by atoms with Crippen molar-refractivity contribution in [3.05, 3.63) is 59.7 Å². The zero-order valence-corrected chi connectivity index (χ0v) is 17.0. The van der Waals surface area contributed by atoms with E-state index in [0.29, 0.717) is 17.7 Å². The lowest BCUT2D eigenvalue weighted by molar-refractivity contribution is -0.120. The highest BCUT2D eigenvalue weighted by Crippen LogP contribution is 2.26. The van der Waals surface area contributed by atoms with Crippen LogP contribution in [0.25, 0.3) is 11.5 Å². The average Bonchev–Trinajstić information content (AvgIpc) is 3.17. The Balaban J connectivity index is 1.48. The summed E-state index contributed by atoms with van der Waals surface area (Å²) in [7, 11) is 1.64. The van der Waals surface area contributed by atoms with Crippen LogP contribution in [0.4, 0.5) is 0 Å². The van der Waals surface area contributed by atoms with E-state index in [1.165, 1.54) is 11.8 Å². The number of nitrogens with zero attached hydrogens (tertiary/aromatic N) is 2. The summed E-state index contributed by atoms with van der Waals surface area (Å²) in [6.45, 7) is 4.40. The highest BCUT2D eigenvalue weighted by Gasteiger charge is 2.18. The number of carbonyl (C=O) groups is 1. The molecule has 0 spiro atoms. The molecule has 3 rings (SSSR count). The quantitative estimate of drug-likeness (QED) is 0.581. The van der Waals surface area contributed by atoms with Crippen molar-refractivity contribution in [2.24, 2.45) is 0 Å². The van der Waals surface area contributed by atoms with Gasteiger partial charge in [-0.15, -0.1) is 10.2 Å². The second-order valence-corrected chi connectivity index (χ2v) is 7.68. The zero-order valence-electron chi connectivity index (χ0n) is 16.1. The monoisotopic (exact) mass is 397 g/mol. The van der Waals surface area contributed by atoms with Crippen LogP contribution in [-0.2, 0) is 11.2 Å². The molecule has 1 N–H and O–H groups in total. The summed E-state index contributed by atoms with van der Waals surface area (Å²) in [6, 6.07) is 15.7. The van der Waals surface area contributed by atoms with Crippen LogP contribution in [-0.4, -0.2) is 35.0 Å². The minimum atomic E-state index is -0.332. The van der Waals surface area contributed by atoms with Gasteiger partial charge in [-0.1, -0.05) is 41.6 Å². The Labute approximate surface area is 168 Å². The van der Waals surface area contributed by atoms with Gasteiger partial charge >= 0.3 is 0 Å². The van der Waals surface area contributed by atoms with Gasteiger partial charge in [0.05, 0.1) is 12.4 Å². The van der Waals surface area contributed by atoms with Gasteiger partial charge in [-0.2, -0.15) is 0 Å². The van der Waals surface area contributed by atoms with Crippen LogP contribution in [0.5, 0.6) is 5.75 Å². The van der Waals surface area contributed by atoms with Crippen LogP contribution in [0.2, 0.25) is 0 Å². The van der Waals surface area contributed by atoms with Gasteiger partial charge in [-0.25, -0.2) is 0 Å². The van der Waals surface area contributed by atoms with Crippen LogP contribution >= 0.6 is 11.8 Å². The fraction of sp³-hybridized carbons (Fsp3) is 0.286. The molecule has 28 heavy (non-hydrogen) atoms. The van der Waals surface area contributed by atoms with Crippen molar-refractivity contribution in [3.8, 4) is 17.2 Å². The van der Waals surface area contributed by atoms with E-state index in [-0.39, 0.29) is 11.2 Å². The predicted molar refractivity (Wildman–Crippen MR) is 109 cm³/mol. The van der Waals surface area contributed by atoms with Gasteiger partial charge in [0.25, 0.3) is 5.22 Å². The summed E-state index contributed by atoms with van der Waals surface area (Å²) in [4.78, 5) is 12.3. The summed E-state index contributed by atoms with van der Waals surface area (Å²) >= 11 is 1.25. The number of carbonyl (C=O) groups excluding carboxylic acids is 1. The molecule has 0 radical (unpaired) electrons. The maximum absolute atomic E-state index is 12.3. The first-order chi connectivity index (χ1) is 13.5. The number of amides is 1. The van der Waals surface area contributed by atoms with Gasteiger partial charge in [-0.3, -0.25) is 4.79 Å². The van der Waals surface area contributed by atoms with E-state index in [1.54, 1.807) is 7.11 Å². The van der Waals surface area contributed by atoms with E-state index in [9.17, 15) is 4.79 Å². The molecule has 7 heteroatoms. The van der Waals surface area contributed by atoms with Crippen molar-refractivity contribution in [2.75, 3.05) is 13.7 Å². The molecular formula is C21H23N3O3S. The average molecular weight is 398 g/mol. The van der Waals surface area contributed by atoms with E-state index >= 15 is 0 Å². The minimum absolute atomic E-state index is 0.0613. The molecule has 0 saturated carbocycles. The third-order valence-electron chi connectivity index (χ3n) is 4.19. The van der Waals surface area contributed by atoms with Gasteiger partial charge in [0, 0.05) is 12.1 Å². The van der Waals surface area contributed by atoms with Crippen molar-refractivity contribution < 1.29 is 13.9 Å². The smallest absolute Gasteiger partial charge is 0.277 e. The lowest BCUT2D eigenvalue weighted by Gasteiger charge is -2.10. The van der Waals surface area contributed by atoms with Gasteiger partial charge in [-0.05, 0) is 50.1 Å². The summed E-state index contributed by atoms with van der Waals surface area (Å²) in [5.74, 6) is 1.22. The van der Waals surface area contributed by atoms with Crippen LogP contribution in [0, 0.1) is 6.92 Å². The summed E-state index contributed by atoms with van der Waals surface area (Å²) in [5.41, 5.74) is 3.13. The van der Waals surface area contributed by atoms with Crippen LogP contribution in [0.15, 0.2) is 58.2 Å². The van der Waals surface area contributed by atoms with Crippen molar-refractivity contribution in [1.82, 2.24) is 15.5 Å². The molecule has 0 aliphatic heterocycles. The number of aromatic nitrogens is 2. The molecule has 0 unspecified atom stereocenters. The largest absolute Gasteiger partial charge is 0.497 e. The first kappa shape index (κ1) is 19.9. The lowest BCUT2D eigenvalue weighted by Crippen LogP contribution is -2.32. The molecule has 1 heterocycles. The molecule has 1 amide bonds. The minimum Gasteiger partial charge on any atom is -0.497 e. The molecule has 1 aromatic heterocycles. The Morgan fingerprint density at radius 1 is 1.21 bits per heavy atom. The zero-order chi connectivity index (χ0) is 19.9. The number of benzene rings is 2. The number of hydrogen-bond donors (Lipinski definition) is 1. The molecule has 3 aromatic rings. The van der Waals surface area contributed by atoms with Gasteiger partial charge < -0.3 is 14.5 Å². The van der Waals surface area contributed by atoms with E-state index in [0.717, 1.165) is 28.9 Å².